The average Bonchev–Trinajstić information content (AvgIpc) is 3.01. The Kier molecular flexibility index (Phi) is 3.50. The van der Waals surface area contributed by atoms with Crippen LogP contribution < -0.4 is 11.1 Å². The third-order valence-electron chi connectivity index (χ3n) is 3.00. The minimum absolute atomic E-state index is 0.0921. The number of carbonyl (C=O) groups excluding carboxylic acids is 1. The number of nitrogens with two attached hydrogens (primary N) is 1. The SMILES string of the molecule is Nc1ccc2c(C(=O)NCc3ccc(Br)s3)c[nH]c2c1. The maximum absolute atomic E-state index is 12.2. The molecule has 2 aromatic heterocycles. The van der Waals surface area contributed by atoms with Crippen LogP contribution in [0.5, 0.6) is 0 Å². The van der Waals surface area contributed by atoms with E-state index in [4.69, 9.17) is 5.73 Å². The van der Waals surface area contributed by atoms with Gasteiger partial charge in [-0.25, -0.2) is 0 Å². The molecule has 4 nitrogen and oxygen atoms in total. The number of thiophene rings is 1. The number of aromatic nitrogens is 1. The molecule has 0 saturated heterocycles. The number of anilines is 1. The van der Waals surface area contributed by atoms with E-state index in [0.717, 1.165) is 19.6 Å². The summed E-state index contributed by atoms with van der Waals surface area (Å²) in [4.78, 5) is 16.4. The second-order valence-corrected chi connectivity index (χ2v) is 6.94. The lowest BCUT2D eigenvalue weighted by molar-refractivity contribution is 0.0953. The zero-order valence-electron chi connectivity index (χ0n) is 10.4. The molecule has 0 bridgehead atoms. The highest BCUT2D eigenvalue weighted by molar-refractivity contribution is 9.11. The lowest BCUT2D eigenvalue weighted by Gasteiger charge is -2.02. The summed E-state index contributed by atoms with van der Waals surface area (Å²) >= 11 is 5.02. The molecule has 3 rings (SSSR count). The fourth-order valence-corrected chi connectivity index (χ4v) is 3.46. The van der Waals surface area contributed by atoms with Crippen LogP contribution in [0.2, 0.25) is 0 Å². The molecule has 0 aliphatic rings. The molecule has 1 amide bonds. The van der Waals surface area contributed by atoms with Crippen LogP contribution in [-0.4, -0.2) is 10.9 Å². The Morgan fingerprint density at radius 2 is 2.20 bits per heavy atom. The van der Waals surface area contributed by atoms with Crippen molar-refractivity contribution in [2.24, 2.45) is 0 Å². The third kappa shape index (κ3) is 2.57. The molecule has 4 N–H and O–H groups in total. The van der Waals surface area contributed by atoms with Gasteiger partial charge in [0.2, 0.25) is 0 Å². The first-order valence-corrected chi connectivity index (χ1v) is 7.63. The van der Waals surface area contributed by atoms with E-state index in [1.807, 2.05) is 24.3 Å². The number of hydrogen-bond donors (Lipinski definition) is 3. The third-order valence-corrected chi connectivity index (χ3v) is 4.63. The number of fused-ring (bicyclic) bond motifs is 1. The van der Waals surface area contributed by atoms with Crippen LogP contribution in [0.3, 0.4) is 0 Å². The van der Waals surface area contributed by atoms with Gasteiger partial charge in [-0.3, -0.25) is 4.79 Å². The minimum atomic E-state index is -0.0921. The van der Waals surface area contributed by atoms with Crippen molar-refractivity contribution in [3.63, 3.8) is 0 Å². The first-order valence-electron chi connectivity index (χ1n) is 6.02. The molecule has 0 saturated carbocycles. The Morgan fingerprint density at radius 1 is 1.35 bits per heavy atom. The summed E-state index contributed by atoms with van der Waals surface area (Å²) in [7, 11) is 0. The van der Waals surface area contributed by atoms with Crippen molar-refractivity contribution in [1.82, 2.24) is 10.3 Å². The normalized spacial score (nSPS) is 10.8. The van der Waals surface area contributed by atoms with E-state index in [-0.39, 0.29) is 5.91 Å². The second-order valence-electron chi connectivity index (χ2n) is 4.40. The molecule has 0 radical (unpaired) electrons. The van der Waals surface area contributed by atoms with Gasteiger partial charge in [0.1, 0.15) is 0 Å². The highest BCUT2D eigenvalue weighted by Crippen LogP contribution is 2.23. The fourth-order valence-electron chi connectivity index (χ4n) is 2.04. The van der Waals surface area contributed by atoms with Crippen LogP contribution >= 0.6 is 27.3 Å². The molecule has 0 aliphatic carbocycles. The van der Waals surface area contributed by atoms with Gasteiger partial charge < -0.3 is 16.0 Å². The number of rotatable bonds is 3. The monoisotopic (exact) mass is 349 g/mol. The number of nitrogens with one attached hydrogen (secondary N) is 2. The van der Waals surface area contributed by atoms with E-state index in [9.17, 15) is 4.79 Å². The topological polar surface area (TPSA) is 70.9 Å². The van der Waals surface area contributed by atoms with Gasteiger partial charge in [0.05, 0.1) is 15.9 Å². The fraction of sp³-hybridized carbons (Fsp3) is 0.0714. The second kappa shape index (κ2) is 5.30. The summed E-state index contributed by atoms with van der Waals surface area (Å²) in [5.41, 5.74) is 7.90. The van der Waals surface area contributed by atoms with Crippen LogP contribution in [-0.2, 0) is 6.54 Å². The van der Waals surface area contributed by atoms with E-state index < -0.39 is 0 Å². The van der Waals surface area contributed by atoms with Crippen molar-refractivity contribution in [1.29, 1.82) is 0 Å². The van der Waals surface area contributed by atoms with E-state index >= 15 is 0 Å². The summed E-state index contributed by atoms with van der Waals surface area (Å²) < 4.78 is 1.06. The van der Waals surface area contributed by atoms with Crippen molar-refractivity contribution in [2.75, 3.05) is 5.73 Å². The van der Waals surface area contributed by atoms with E-state index in [1.165, 1.54) is 0 Å². The predicted molar refractivity (Wildman–Crippen MR) is 85.9 cm³/mol. The van der Waals surface area contributed by atoms with Gasteiger partial charge in [-0.1, -0.05) is 0 Å². The Bertz CT molecular complexity index is 778. The van der Waals surface area contributed by atoms with Crippen LogP contribution in [0, 0.1) is 0 Å². The molecule has 6 heteroatoms. The molecule has 102 valence electrons. The number of H-pyrrole nitrogens is 1. The molecular weight excluding hydrogens is 338 g/mol. The number of carbonyl (C=O) groups is 1. The van der Waals surface area contributed by atoms with Crippen molar-refractivity contribution in [2.45, 2.75) is 6.54 Å². The molecule has 2 heterocycles. The van der Waals surface area contributed by atoms with Crippen molar-refractivity contribution in [3.8, 4) is 0 Å². The molecule has 0 fully saturated rings. The first-order chi connectivity index (χ1) is 9.63. The Labute approximate surface area is 128 Å². The van der Waals surface area contributed by atoms with Gasteiger partial charge in [0, 0.05) is 27.7 Å². The molecular formula is C14H12BrN3OS. The van der Waals surface area contributed by atoms with E-state index in [1.54, 1.807) is 23.6 Å². The smallest absolute Gasteiger partial charge is 0.253 e. The van der Waals surface area contributed by atoms with Crippen LogP contribution in [0.25, 0.3) is 10.9 Å². The van der Waals surface area contributed by atoms with Crippen LogP contribution in [0.4, 0.5) is 5.69 Å². The van der Waals surface area contributed by atoms with Crippen molar-refractivity contribution in [3.05, 3.63) is 50.8 Å². The molecule has 0 atom stereocenters. The largest absolute Gasteiger partial charge is 0.399 e. The zero-order chi connectivity index (χ0) is 14.1. The van der Waals surface area contributed by atoms with Gasteiger partial charge in [-0.05, 0) is 46.3 Å². The standard InChI is InChI=1S/C14H12BrN3OS/c15-13-4-2-9(20-13)6-18-14(19)11-7-17-12-5-8(16)1-3-10(11)12/h1-5,7,17H,6,16H2,(H,18,19). The number of hydrogen-bond acceptors (Lipinski definition) is 3. The van der Waals surface area contributed by atoms with Gasteiger partial charge in [0.15, 0.2) is 0 Å². The lowest BCUT2D eigenvalue weighted by Crippen LogP contribution is -2.21. The van der Waals surface area contributed by atoms with Gasteiger partial charge in [-0.15, -0.1) is 11.3 Å². The van der Waals surface area contributed by atoms with Gasteiger partial charge in [-0.2, -0.15) is 0 Å². The molecule has 20 heavy (non-hydrogen) atoms. The van der Waals surface area contributed by atoms with E-state index in [0.29, 0.717) is 17.8 Å². The zero-order valence-corrected chi connectivity index (χ0v) is 12.8. The minimum Gasteiger partial charge on any atom is -0.399 e. The highest BCUT2D eigenvalue weighted by atomic mass is 79.9. The number of nitrogen functional groups attached to an aromatic ring is 1. The quantitative estimate of drug-likeness (QED) is 0.633. The highest BCUT2D eigenvalue weighted by Gasteiger charge is 2.12. The molecule has 3 aromatic rings. The molecule has 1 aromatic carbocycles. The van der Waals surface area contributed by atoms with Crippen molar-refractivity contribution < 1.29 is 4.79 Å². The Balaban J connectivity index is 1.78. The van der Waals surface area contributed by atoms with Gasteiger partial charge in [0.25, 0.3) is 5.91 Å². The summed E-state index contributed by atoms with van der Waals surface area (Å²) in [6, 6.07) is 9.44. The number of aromatic amines is 1. The summed E-state index contributed by atoms with van der Waals surface area (Å²) in [6.07, 6.45) is 1.71. The number of benzene rings is 1. The molecule has 0 aliphatic heterocycles. The predicted octanol–water partition coefficient (Wildman–Crippen LogP) is 3.50. The Morgan fingerprint density at radius 3 is 2.95 bits per heavy atom. The molecule has 0 spiro atoms. The average molecular weight is 350 g/mol. The number of amides is 1. The lowest BCUT2D eigenvalue weighted by atomic mass is 10.1. The van der Waals surface area contributed by atoms with Crippen LogP contribution in [0.1, 0.15) is 15.2 Å². The molecule has 0 unspecified atom stereocenters. The van der Waals surface area contributed by atoms with Crippen molar-refractivity contribution >= 4 is 49.8 Å². The van der Waals surface area contributed by atoms with Crippen LogP contribution in [0.15, 0.2) is 40.3 Å². The van der Waals surface area contributed by atoms with Gasteiger partial charge >= 0.3 is 0 Å². The maximum atomic E-state index is 12.2. The maximum Gasteiger partial charge on any atom is 0.253 e. The number of halogens is 1. The Hall–Kier alpha value is -1.79. The first kappa shape index (κ1) is 13.2. The summed E-state index contributed by atoms with van der Waals surface area (Å²) in [6.45, 7) is 0.525. The van der Waals surface area contributed by atoms with E-state index in [2.05, 4.69) is 26.2 Å². The summed E-state index contributed by atoms with van der Waals surface area (Å²) in [5, 5.41) is 3.80. The summed E-state index contributed by atoms with van der Waals surface area (Å²) in [5.74, 6) is -0.0921.